The zero-order valence-corrected chi connectivity index (χ0v) is 14.1. The number of hydrogen-bond donors (Lipinski definition) is 0. The van der Waals surface area contributed by atoms with E-state index in [2.05, 4.69) is 31.7 Å². The fraction of sp³-hybridized carbons (Fsp3) is 0.273. The van der Waals surface area contributed by atoms with Crippen LogP contribution < -0.4 is 4.90 Å². The lowest BCUT2D eigenvalue weighted by Crippen LogP contribution is -2.15. The molecule has 0 aromatic carbocycles. The van der Waals surface area contributed by atoms with E-state index in [4.69, 9.17) is 11.6 Å². The first kappa shape index (κ1) is 14.8. The Kier molecular flexibility index (Phi) is 4.83. The third-order valence-corrected chi connectivity index (χ3v) is 5.50. The zero-order chi connectivity index (χ0) is 14.0. The first-order valence-corrected chi connectivity index (χ1v) is 8.06. The van der Waals surface area contributed by atoms with Crippen molar-refractivity contribution in [2.24, 2.45) is 0 Å². The Morgan fingerprint density at radius 3 is 2.95 bits per heavy atom. The highest BCUT2D eigenvalue weighted by Crippen LogP contribution is 2.31. The van der Waals surface area contributed by atoms with Crippen LogP contribution in [0.1, 0.15) is 14.5 Å². The van der Waals surface area contributed by atoms with Gasteiger partial charge in [-0.05, 0) is 22.0 Å². The molecule has 0 unspecified atom stereocenters. The molecule has 0 saturated carbocycles. The molecule has 0 aliphatic heterocycles. The number of rotatable bonds is 4. The number of hydrogen-bond acceptors (Lipinski definition) is 6. The van der Waals surface area contributed by atoms with E-state index in [0.29, 0.717) is 16.6 Å². The molecule has 2 heterocycles. The van der Waals surface area contributed by atoms with Crippen LogP contribution in [0.25, 0.3) is 0 Å². The van der Waals surface area contributed by atoms with E-state index in [1.807, 2.05) is 17.3 Å². The molecule has 102 valence electrons. The summed E-state index contributed by atoms with van der Waals surface area (Å²) in [6.45, 7) is 0.709. The van der Waals surface area contributed by atoms with Crippen LogP contribution in [-0.2, 0) is 11.3 Å². The van der Waals surface area contributed by atoms with Crippen molar-refractivity contribution in [2.45, 2.75) is 6.54 Å². The molecule has 2 aromatic rings. The van der Waals surface area contributed by atoms with E-state index in [9.17, 15) is 4.79 Å². The monoisotopic (exact) mass is 380 g/mol. The quantitative estimate of drug-likeness (QED) is 0.750. The molecule has 0 spiro atoms. The highest BCUT2D eigenvalue weighted by atomic mass is 79.9. The van der Waals surface area contributed by atoms with Gasteiger partial charge in [0.15, 0.2) is 15.2 Å². The number of ether oxygens (including phenoxy) is 1. The van der Waals surface area contributed by atoms with Gasteiger partial charge in [-0.3, -0.25) is 0 Å². The van der Waals surface area contributed by atoms with Crippen molar-refractivity contribution in [3.05, 3.63) is 30.8 Å². The first-order valence-electron chi connectivity index (χ1n) is 5.20. The van der Waals surface area contributed by atoms with E-state index in [0.717, 1.165) is 4.47 Å². The van der Waals surface area contributed by atoms with Gasteiger partial charge in [-0.25, -0.2) is 9.78 Å². The second-order valence-electron chi connectivity index (χ2n) is 3.70. The number of thiophene rings is 1. The average molecular weight is 382 g/mol. The summed E-state index contributed by atoms with van der Waals surface area (Å²) in [5.41, 5.74) is 0. The topological polar surface area (TPSA) is 42.4 Å². The molecule has 19 heavy (non-hydrogen) atoms. The predicted octanol–water partition coefficient (Wildman–Crippen LogP) is 4.04. The van der Waals surface area contributed by atoms with Crippen molar-refractivity contribution in [3.63, 3.8) is 0 Å². The zero-order valence-electron chi connectivity index (χ0n) is 10.1. The fourth-order valence-corrected chi connectivity index (χ4v) is 4.07. The van der Waals surface area contributed by atoms with Crippen LogP contribution in [0.5, 0.6) is 0 Å². The van der Waals surface area contributed by atoms with Gasteiger partial charge in [0.05, 0.1) is 13.7 Å². The van der Waals surface area contributed by atoms with E-state index in [-0.39, 0.29) is 5.15 Å². The first-order chi connectivity index (χ1) is 9.01. The third kappa shape index (κ3) is 3.47. The van der Waals surface area contributed by atoms with Gasteiger partial charge in [-0.1, -0.05) is 22.9 Å². The van der Waals surface area contributed by atoms with Crippen molar-refractivity contribution in [1.82, 2.24) is 4.98 Å². The minimum absolute atomic E-state index is 0.186. The average Bonchev–Trinajstić information content (AvgIpc) is 2.95. The fourth-order valence-electron chi connectivity index (χ4n) is 1.41. The van der Waals surface area contributed by atoms with E-state index < -0.39 is 5.97 Å². The summed E-state index contributed by atoms with van der Waals surface area (Å²) < 4.78 is 5.72. The van der Waals surface area contributed by atoms with Crippen LogP contribution in [0.2, 0.25) is 5.15 Å². The van der Waals surface area contributed by atoms with Crippen molar-refractivity contribution in [2.75, 3.05) is 19.1 Å². The number of carbonyl (C=O) groups excluding carboxylic acids is 1. The van der Waals surface area contributed by atoms with Gasteiger partial charge >= 0.3 is 5.97 Å². The lowest BCUT2D eigenvalue weighted by molar-refractivity contribution is 0.0606. The number of esters is 1. The Morgan fingerprint density at radius 2 is 2.37 bits per heavy atom. The van der Waals surface area contributed by atoms with Crippen LogP contribution in [0.3, 0.4) is 0 Å². The molecule has 0 saturated heterocycles. The molecule has 8 heteroatoms. The summed E-state index contributed by atoms with van der Waals surface area (Å²) in [7, 11) is 3.23. The summed E-state index contributed by atoms with van der Waals surface area (Å²) in [5, 5.41) is 2.90. The molecular weight excluding hydrogens is 372 g/mol. The summed E-state index contributed by atoms with van der Waals surface area (Å²) in [5.74, 6) is -0.457. The Hall–Kier alpha value is -0.630. The van der Waals surface area contributed by atoms with Gasteiger partial charge in [0, 0.05) is 21.8 Å². The lowest BCUT2D eigenvalue weighted by atomic mass is 10.4. The lowest BCUT2D eigenvalue weighted by Gasteiger charge is -2.13. The molecule has 2 rings (SSSR count). The molecule has 0 aliphatic carbocycles. The Labute approximate surface area is 132 Å². The molecule has 0 radical (unpaired) electrons. The SMILES string of the molecule is COC(=O)c1sc(N(C)Cc2cc(Br)cs2)nc1Cl. The number of thiazole rings is 1. The minimum atomic E-state index is -0.457. The van der Waals surface area contributed by atoms with Crippen LogP contribution in [0.4, 0.5) is 5.13 Å². The molecule has 0 bridgehead atoms. The highest BCUT2D eigenvalue weighted by Gasteiger charge is 2.19. The Balaban J connectivity index is 2.15. The molecule has 2 aromatic heterocycles. The number of nitrogens with zero attached hydrogens (tertiary/aromatic N) is 2. The highest BCUT2D eigenvalue weighted by molar-refractivity contribution is 9.10. The van der Waals surface area contributed by atoms with Gasteiger partial charge in [0.2, 0.25) is 0 Å². The van der Waals surface area contributed by atoms with Gasteiger partial charge in [0.1, 0.15) is 0 Å². The van der Waals surface area contributed by atoms with Gasteiger partial charge in [-0.2, -0.15) is 0 Å². The maximum Gasteiger partial charge on any atom is 0.351 e. The largest absolute Gasteiger partial charge is 0.465 e. The predicted molar refractivity (Wildman–Crippen MR) is 82.6 cm³/mol. The van der Waals surface area contributed by atoms with Gasteiger partial charge < -0.3 is 9.64 Å². The number of carbonyl (C=O) groups is 1. The van der Waals surface area contributed by atoms with Gasteiger partial charge in [0.25, 0.3) is 0 Å². The van der Waals surface area contributed by atoms with E-state index >= 15 is 0 Å². The second-order valence-corrected chi connectivity index (χ2v) is 6.94. The van der Waals surface area contributed by atoms with E-state index in [1.165, 1.54) is 23.3 Å². The van der Waals surface area contributed by atoms with Crippen LogP contribution >= 0.6 is 50.2 Å². The second kappa shape index (κ2) is 6.21. The molecule has 0 fully saturated rings. The number of aromatic nitrogens is 1. The standard InChI is InChI=1S/C11H10BrClN2O2S2/c1-15(4-7-3-6(12)5-18-7)11-14-9(13)8(19-11)10(16)17-2/h3,5H,4H2,1-2H3. The summed E-state index contributed by atoms with van der Waals surface area (Å²) in [6, 6.07) is 2.05. The summed E-state index contributed by atoms with van der Waals surface area (Å²) >= 11 is 12.2. The number of methoxy groups -OCH3 is 1. The van der Waals surface area contributed by atoms with Crippen molar-refractivity contribution < 1.29 is 9.53 Å². The Bertz CT molecular complexity index is 599. The minimum Gasteiger partial charge on any atom is -0.465 e. The maximum atomic E-state index is 11.5. The number of halogens is 2. The molecule has 0 N–H and O–H groups in total. The van der Waals surface area contributed by atoms with Crippen LogP contribution in [0.15, 0.2) is 15.9 Å². The van der Waals surface area contributed by atoms with Crippen molar-refractivity contribution in [3.8, 4) is 0 Å². The van der Waals surface area contributed by atoms with Crippen LogP contribution in [0, 0.1) is 0 Å². The molecule has 0 atom stereocenters. The van der Waals surface area contributed by atoms with Gasteiger partial charge in [-0.15, -0.1) is 11.3 Å². The number of anilines is 1. The molecule has 4 nitrogen and oxygen atoms in total. The smallest absolute Gasteiger partial charge is 0.351 e. The third-order valence-electron chi connectivity index (χ3n) is 2.29. The normalized spacial score (nSPS) is 10.5. The molecule has 0 aliphatic rings. The summed E-state index contributed by atoms with van der Waals surface area (Å²) in [4.78, 5) is 19.1. The molecular formula is C11H10BrClN2O2S2. The van der Waals surface area contributed by atoms with E-state index in [1.54, 1.807) is 11.3 Å². The van der Waals surface area contributed by atoms with Crippen molar-refractivity contribution >= 4 is 61.3 Å². The Morgan fingerprint density at radius 1 is 1.63 bits per heavy atom. The molecule has 0 amide bonds. The van der Waals surface area contributed by atoms with Crippen molar-refractivity contribution in [1.29, 1.82) is 0 Å². The van der Waals surface area contributed by atoms with Crippen LogP contribution in [-0.4, -0.2) is 25.1 Å². The maximum absolute atomic E-state index is 11.5. The summed E-state index contributed by atoms with van der Waals surface area (Å²) in [6.07, 6.45) is 0.